The molecule has 1 aromatic heterocycles. The van der Waals surface area contributed by atoms with E-state index in [1.54, 1.807) is 16.9 Å². The number of aromatic nitrogens is 3. The molecular formula is C26H19Br2N5O2S. The van der Waals surface area contributed by atoms with Gasteiger partial charge in [-0.1, -0.05) is 52.3 Å². The Morgan fingerprint density at radius 1 is 1.00 bits per heavy atom. The van der Waals surface area contributed by atoms with E-state index in [1.165, 1.54) is 7.11 Å². The molecule has 7 nitrogen and oxygen atoms in total. The number of benzene rings is 4. The van der Waals surface area contributed by atoms with Crippen LogP contribution in [0.2, 0.25) is 0 Å². The minimum absolute atomic E-state index is 0.155. The van der Waals surface area contributed by atoms with E-state index in [2.05, 4.69) is 60.7 Å². The highest BCUT2D eigenvalue weighted by molar-refractivity contribution is 9.11. The Morgan fingerprint density at radius 3 is 2.50 bits per heavy atom. The smallest absolute Gasteiger partial charge is 0.261 e. The zero-order valence-electron chi connectivity index (χ0n) is 19.2. The van der Waals surface area contributed by atoms with Gasteiger partial charge in [0.15, 0.2) is 5.11 Å². The highest BCUT2D eigenvalue weighted by Gasteiger charge is 2.18. The lowest BCUT2D eigenvalue weighted by Gasteiger charge is -2.14. The van der Waals surface area contributed by atoms with E-state index in [4.69, 9.17) is 27.2 Å². The lowest BCUT2D eigenvalue weighted by molar-refractivity contribution is 0.0974. The molecule has 2 N–H and O–H groups in total. The molecule has 5 rings (SSSR count). The largest absolute Gasteiger partial charge is 0.495 e. The summed E-state index contributed by atoms with van der Waals surface area (Å²) in [5.74, 6) is 0.0214. The average Bonchev–Trinajstić information content (AvgIpc) is 3.25. The number of halogens is 2. The summed E-state index contributed by atoms with van der Waals surface area (Å²) in [4.78, 5) is 14.6. The van der Waals surface area contributed by atoms with Crippen LogP contribution in [-0.4, -0.2) is 33.1 Å². The lowest BCUT2D eigenvalue weighted by Crippen LogP contribution is -2.34. The molecule has 1 heterocycles. The number of nitrogens with one attached hydrogen (secondary N) is 2. The Labute approximate surface area is 229 Å². The van der Waals surface area contributed by atoms with Crippen molar-refractivity contribution in [1.29, 1.82) is 0 Å². The highest BCUT2D eigenvalue weighted by atomic mass is 79.9. The molecule has 0 fully saturated rings. The molecule has 180 valence electrons. The van der Waals surface area contributed by atoms with Crippen LogP contribution in [0.5, 0.6) is 5.75 Å². The summed E-state index contributed by atoms with van der Waals surface area (Å²) in [7, 11) is 1.51. The number of amides is 1. The first-order valence-electron chi connectivity index (χ1n) is 10.9. The van der Waals surface area contributed by atoms with Gasteiger partial charge in [0, 0.05) is 15.5 Å². The fourth-order valence-corrected chi connectivity index (χ4v) is 5.54. The number of thiocarbonyl (C=S) groups is 1. The summed E-state index contributed by atoms with van der Waals surface area (Å²) in [5.41, 5.74) is 4.32. The molecule has 36 heavy (non-hydrogen) atoms. The third-order valence-corrected chi connectivity index (χ3v) is 6.89. The Balaban J connectivity index is 1.41. The van der Waals surface area contributed by atoms with Gasteiger partial charge in [-0.15, -0.1) is 15.0 Å². The monoisotopic (exact) mass is 623 g/mol. The van der Waals surface area contributed by atoms with Crippen LogP contribution < -0.4 is 15.4 Å². The fourth-order valence-electron chi connectivity index (χ4n) is 3.95. The van der Waals surface area contributed by atoms with Crippen molar-refractivity contribution in [1.82, 2.24) is 20.3 Å². The van der Waals surface area contributed by atoms with Crippen LogP contribution in [-0.2, 0) is 0 Å². The van der Waals surface area contributed by atoms with Gasteiger partial charge in [-0.3, -0.25) is 10.1 Å². The molecule has 4 aromatic carbocycles. The maximum atomic E-state index is 12.9. The van der Waals surface area contributed by atoms with Crippen LogP contribution >= 0.6 is 44.1 Å². The Bertz CT molecular complexity index is 1660. The van der Waals surface area contributed by atoms with Gasteiger partial charge >= 0.3 is 0 Å². The van der Waals surface area contributed by atoms with Gasteiger partial charge in [0.05, 0.1) is 22.8 Å². The predicted molar refractivity (Wildman–Crippen MR) is 153 cm³/mol. The molecule has 0 aliphatic carbocycles. The Hall–Kier alpha value is -3.34. The van der Waals surface area contributed by atoms with Crippen molar-refractivity contribution >= 4 is 82.6 Å². The number of methoxy groups -OCH3 is 1. The summed E-state index contributed by atoms with van der Waals surface area (Å²) < 4.78 is 6.76. The van der Waals surface area contributed by atoms with Gasteiger partial charge < -0.3 is 10.1 Å². The number of carbonyl (C=O) groups excluding carboxylic acids is 1. The molecule has 0 aliphatic heterocycles. The predicted octanol–water partition coefficient (Wildman–Crippen LogP) is 6.54. The molecule has 0 saturated carbocycles. The highest BCUT2D eigenvalue weighted by Crippen LogP contribution is 2.32. The van der Waals surface area contributed by atoms with E-state index in [1.807, 2.05) is 43.3 Å². The number of fused-ring (bicyclic) bond motifs is 2. The molecule has 0 atom stereocenters. The normalized spacial score (nSPS) is 11.0. The first kappa shape index (κ1) is 24.4. The van der Waals surface area contributed by atoms with Gasteiger partial charge in [0.25, 0.3) is 5.91 Å². The third-order valence-electron chi connectivity index (χ3n) is 5.64. The van der Waals surface area contributed by atoms with E-state index < -0.39 is 5.91 Å². The molecule has 0 spiro atoms. The van der Waals surface area contributed by atoms with E-state index >= 15 is 0 Å². The zero-order valence-corrected chi connectivity index (χ0v) is 23.2. The second kappa shape index (κ2) is 9.96. The summed E-state index contributed by atoms with van der Waals surface area (Å²) in [6.45, 7) is 1.94. The summed E-state index contributed by atoms with van der Waals surface area (Å²) >= 11 is 12.2. The maximum absolute atomic E-state index is 12.9. The number of nitrogens with zero attached hydrogens (tertiary/aromatic N) is 3. The van der Waals surface area contributed by atoms with Crippen molar-refractivity contribution in [3.05, 3.63) is 86.8 Å². The molecule has 10 heteroatoms. The Morgan fingerprint density at radius 2 is 1.72 bits per heavy atom. The maximum Gasteiger partial charge on any atom is 0.261 e. The SMILES string of the molecule is COc1c(Br)cc(Br)cc1C(=O)NC(=S)Nc1cc2nn(-c3cccc4ccccc34)nc2cc1C. The summed E-state index contributed by atoms with van der Waals surface area (Å²) in [5, 5.41) is 17.6. The van der Waals surface area contributed by atoms with Crippen LogP contribution in [0.15, 0.2) is 75.7 Å². The topological polar surface area (TPSA) is 81.1 Å². The second-order valence-electron chi connectivity index (χ2n) is 8.02. The van der Waals surface area contributed by atoms with Crippen LogP contribution in [0.4, 0.5) is 5.69 Å². The van der Waals surface area contributed by atoms with Gasteiger partial charge in [0.1, 0.15) is 16.8 Å². The van der Waals surface area contributed by atoms with Gasteiger partial charge in [-0.25, -0.2) is 0 Å². The minimum Gasteiger partial charge on any atom is -0.495 e. The van der Waals surface area contributed by atoms with Crippen molar-refractivity contribution < 1.29 is 9.53 Å². The van der Waals surface area contributed by atoms with Crippen LogP contribution in [0, 0.1) is 6.92 Å². The number of rotatable bonds is 4. The quantitative estimate of drug-likeness (QED) is 0.221. The number of hydrogen-bond donors (Lipinski definition) is 2. The molecular weight excluding hydrogens is 606 g/mol. The zero-order chi connectivity index (χ0) is 25.4. The van der Waals surface area contributed by atoms with Gasteiger partial charge in [-0.05, 0) is 76.4 Å². The number of anilines is 1. The van der Waals surface area contributed by atoms with Crippen molar-refractivity contribution in [3.63, 3.8) is 0 Å². The van der Waals surface area contributed by atoms with Crippen LogP contribution in [0.3, 0.4) is 0 Å². The van der Waals surface area contributed by atoms with Crippen LogP contribution in [0.1, 0.15) is 15.9 Å². The van der Waals surface area contributed by atoms with Crippen molar-refractivity contribution in [2.45, 2.75) is 6.92 Å². The fraction of sp³-hybridized carbons (Fsp3) is 0.0769. The standard InChI is InChI=1S/C26H19Br2N5O2S/c1-14-10-21-22(32-33(31-21)23-9-5-7-15-6-3-4-8-17(15)23)13-20(14)29-26(36)30-25(34)18-11-16(27)12-19(28)24(18)35-2/h3-13H,1-2H3,(H2,29,30,34,36). The Kier molecular flexibility index (Phi) is 6.74. The molecule has 0 bridgehead atoms. The molecule has 0 aliphatic rings. The second-order valence-corrected chi connectivity index (χ2v) is 10.2. The number of carbonyl (C=O) groups is 1. The third kappa shape index (κ3) is 4.71. The first-order chi connectivity index (χ1) is 17.3. The lowest BCUT2D eigenvalue weighted by atomic mass is 10.1. The van der Waals surface area contributed by atoms with E-state index in [0.717, 1.165) is 37.7 Å². The van der Waals surface area contributed by atoms with Gasteiger partial charge in [-0.2, -0.15) is 0 Å². The van der Waals surface area contributed by atoms with E-state index in [-0.39, 0.29) is 5.11 Å². The summed E-state index contributed by atoms with van der Waals surface area (Å²) in [6, 6.07) is 21.4. The van der Waals surface area contributed by atoms with Gasteiger partial charge in [0.2, 0.25) is 0 Å². The van der Waals surface area contributed by atoms with Crippen molar-refractivity contribution in [2.75, 3.05) is 12.4 Å². The van der Waals surface area contributed by atoms with Crippen molar-refractivity contribution in [2.24, 2.45) is 0 Å². The number of hydrogen-bond acceptors (Lipinski definition) is 5. The van der Waals surface area contributed by atoms with Crippen LogP contribution in [0.25, 0.3) is 27.5 Å². The average molecular weight is 625 g/mol. The number of aryl methyl sites for hydroxylation is 1. The molecule has 0 unspecified atom stereocenters. The summed E-state index contributed by atoms with van der Waals surface area (Å²) in [6.07, 6.45) is 0. The van der Waals surface area contributed by atoms with E-state index in [9.17, 15) is 4.79 Å². The molecule has 0 radical (unpaired) electrons. The number of ether oxygens (including phenoxy) is 1. The van der Waals surface area contributed by atoms with E-state index in [0.29, 0.717) is 21.3 Å². The molecule has 0 saturated heterocycles. The minimum atomic E-state index is -0.396. The molecule has 1 amide bonds. The van der Waals surface area contributed by atoms with Crippen molar-refractivity contribution in [3.8, 4) is 11.4 Å². The first-order valence-corrected chi connectivity index (χ1v) is 12.8. The molecule has 5 aromatic rings.